The van der Waals surface area contributed by atoms with Crippen molar-refractivity contribution in [2.45, 2.75) is 58.1 Å². The molecule has 1 aromatic heterocycles. The predicted molar refractivity (Wildman–Crippen MR) is 82.7 cm³/mol. The number of ether oxygens (including phenoxy) is 1. The number of rotatable bonds is 6. The van der Waals surface area contributed by atoms with Crippen molar-refractivity contribution in [3.8, 4) is 0 Å². The van der Waals surface area contributed by atoms with Gasteiger partial charge in [0.2, 0.25) is 5.91 Å². The van der Waals surface area contributed by atoms with Gasteiger partial charge < -0.3 is 10.1 Å². The first-order chi connectivity index (χ1) is 10.6. The quantitative estimate of drug-likeness (QED) is 0.876. The van der Waals surface area contributed by atoms with Crippen LogP contribution in [0.1, 0.15) is 57.6 Å². The van der Waals surface area contributed by atoms with Crippen LogP contribution in [0.25, 0.3) is 0 Å². The molecule has 122 valence electrons. The molecule has 1 heterocycles. The number of nitrogens with zero attached hydrogens (tertiary/aromatic N) is 1. The molecule has 4 nitrogen and oxygen atoms in total. The largest absolute Gasteiger partial charge is 0.368 e. The molecule has 3 atom stereocenters. The maximum absolute atomic E-state index is 13.1. The molecule has 1 N–H and O–H groups in total. The molecule has 1 saturated carbocycles. The highest BCUT2D eigenvalue weighted by atomic mass is 19.1. The van der Waals surface area contributed by atoms with Gasteiger partial charge in [-0.1, -0.05) is 26.2 Å². The van der Waals surface area contributed by atoms with Gasteiger partial charge in [0.25, 0.3) is 0 Å². The van der Waals surface area contributed by atoms with Gasteiger partial charge >= 0.3 is 0 Å². The molecule has 1 amide bonds. The summed E-state index contributed by atoms with van der Waals surface area (Å²) < 4.78 is 18.9. The van der Waals surface area contributed by atoms with E-state index >= 15 is 0 Å². The van der Waals surface area contributed by atoms with Gasteiger partial charge in [0.05, 0.1) is 18.3 Å². The molecule has 22 heavy (non-hydrogen) atoms. The van der Waals surface area contributed by atoms with E-state index in [0.29, 0.717) is 11.5 Å². The Balaban J connectivity index is 1.80. The molecule has 0 bridgehead atoms. The zero-order chi connectivity index (χ0) is 15.9. The summed E-state index contributed by atoms with van der Waals surface area (Å²) in [6.45, 7) is 4.05. The van der Waals surface area contributed by atoms with E-state index in [1.165, 1.54) is 25.3 Å². The Morgan fingerprint density at radius 1 is 1.45 bits per heavy atom. The molecule has 0 spiro atoms. The molecule has 1 aliphatic rings. The van der Waals surface area contributed by atoms with Crippen LogP contribution in [-0.2, 0) is 9.53 Å². The Kier molecular flexibility index (Phi) is 6.31. The van der Waals surface area contributed by atoms with E-state index in [1.54, 1.807) is 6.20 Å². The maximum Gasteiger partial charge on any atom is 0.246 e. The smallest absolute Gasteiger partial charge is 0.246 e. The lowest BCUT2D eigenvalue weighted by molar-refractivity contribution is -0.130. The first-order valence-electron chi connectivity index (χ1n) is 8.11. The molecule has 1 fully saturated rings. The number of hydrogen-bond acceptors (Lipinski definition) is 3. The summed E-state index contributed by atoms with van der Waals surface area (Å²) in [5, 5.41) is 2.83. The summed E-state index contributed by atoms with van der Waals surface area (Å²) in [4.78, 5) is 15.8. The lowest BCUT2D eigenvalue weighted by Crippen LogP contribution is -2.35. The number of pyridine rings is 1. The van der Waals surface area contributed by atoms with Crippen LogP contribution < -0.4 is 5.32 Å². The molecule has 1 aliphatic carbocycles. The van der Waals surface area contributed by atoms with Crippen molar-refractivity contribution in [3.63, 3.8) is 0 Å². The van der Waals surface area contributed by atoms with E-state index in [0.717, 1.165) is 19.0 Å². The fourth-order valence-corrected chi connectivity index (χ4v) is 3.07. The summed E-state index contributed by atoms with van der Waals surface area (Å²) >= 11 is 0. The van der Waals surface area contributed by atoms with Crippen LogP contribution in [-0.4, -0.2) is 23.6 Å². The van der Waals surface area contributed by atoms with Gasteiger partial charge in [-0.2, -0.15) is 0 Å². The van der Waals surface area contributed by atoms with Crippen LogP contribution in [0.5, 0.6) is 0 Å². The van der Waals surface area contributed by atoms with Gasteiger partial charge in [0, 0.05) is 6.20 Å². The van der Waals surface area contributed by atoms with E-state index in [-0.39, 0.29) is 24.7 Å². The van der Waals surface area contributed by atoms with Crippen molar-refractivity contribution in [2.75, 3.05) is 6.61 Å². The molecule has 5 heteroatoms. The highest BCUT2D eigenvalue weighted by Crippen LogP contribution is 2.29. The second-order valence-corrected chi connectivity index (χ2v) is 6.03. The van der Waals surface area contributed by atoms with Crippen LogP contribution in [0.15, 0.2) is 18.5 Å². The number of carbonyl (C=O) groups excluding carboxylic acids is 1. The molecule has 2 rings (SSSR count). The normalized spacial score (nSPS) is 23.0. The molecule has 0 aromatic carbocycles. The fraction of sp³-hybridized carbons (Fsp3) is 0.647. The third-order valence-electron chi connectivity index (χ3n) is 4.40. The molecule has 3 unspecified atom stereocenters. The van der Waals surface area contributed by atoms with Gasteiger partial charge in [-0.05, 0) is 37.3 Å². The number of carbonyl (C=O) groups is 1. The number of nitrogens with one attached hydrogen (secondary N) is 1. The third-order valence-corrected chi connectivity index (χ3v) is 4.40. The van der Waals surface area contributed by atoms with Gasteiger partial charge in [0.15, 0.2) is 0 Å². The summed E-state index contributed by atoms with van der Waals surface area (Å²) in [6.07, 6.45) is 8.65. The second-order valence-electron chi connectivity index (χ2n) is 6.03. The Bertz CT molecular complexity index is 495. The first kappa shape index (κ1) is 16.9. The van der Waals surface area contributed by atoms with Gasteiger partial charge in [-0.3, -0.25) is 9.78 Å². The minimum absolute atomic E-state index is 0.0637. The topological polar surface area (TPSA) is 51.2 Å². The molecular formula is C17H25FN2O2. The molecular weight excluding hydrogens is 283 g/mol. The SMILES string of the molecule is CCC1CCCCC1OCC(=O)NC(C)c1cncc(F)c1. The summed E-state index contributed by atoms with van der Waals surface area (Å²) in [5.41, 5.74) is 0.650. The zero-order valence-corrected chi connectivity index (χ0v) is 13.3. The van der Waals surface area contributed by atoms with Crippen molar-refractivity contribution in [1.82, 2.24) is 10.3 Å². The van der Waals surface area contributed by atoms with Gasteiger partial charge in [0.1, 0.15) is 12.4 Å². The van der Waals surface area contributed by atoms with Gasteiger partial charge in [-0.15, -0.1) is 0 Å². The van der Waals surface area contributed by atoms with Crippen LogP contribution in [0, 0.1) is 11.7 Å². The minimum atomic E-state index is -0.400. The summed E-state index contributed by atoms with van der Waals surface area (Å²) in [5.74, 6) is -0.00794. The Hall–Kier alpha value is -1.49. The Morgan fingerprint density at radius 3 is 2.95 bits per heavy atom. The molecule has 1 aromatic rings. The molecule has 0 aliphatic heterocycles. The average Bonchev–Trinajstić information content (AvgIpc) is 2.53. The highest BCUT2D eigenvalue weighted by molar-refractivity contribution is 5.77. The zero-order valence-electron chi connectivity index (χ0n) is 13.3. The lowest BCUT2D eigenvalue weighted by Gasteiger charge is -2.30. The molecule has 0 saturated heterocycles. The number of aromatic nitrogens is 1. The van der Waals surface area contributed by atoms with Crippen molar-refractivity contribution in [1.29, 1.82) is 0 Å². The van der Waals surface area contributed by atoms with E-state index < -0.39 is 5.82 Å². The summed E-state index contributed by atoms with van der Waals surface area (Å²) in [7, 11) is 0. The Labute approximate surface area is 131 Å². The van der Waals surface area contributed by atoms with Crippen LogP contribution in [0.2, 0.25) is 0 Å². The van der Waals surface area contributed by atoms with Crippen LogP contribution in [0.4, 0.5) is 4.39 Å². The monoisotopic (exact) mass is 308 g/mol. The van der Waals surface area contributed by atoms with Crippen molar-refractivity contribution in [2.24, 2.45) is 5.92 Å². The Morgan fingerprint density at radius 2 is 2.23 bits per heavy atom. The third kappa shape index (κ3) is 4.77. The summed E-state index contributed by atoms with van der Waals surface area (Å²) in [6, 6.07) is 1.10. The minimum Gasteiger partial charge on any atom is -0.368 e. The highest BCUT2D eigenvalue weighted by Gasteiger charge is 2.25. The van der Waals surface area contributed by atoms with E-state index in [4.69, 9.17) is 4.74 Å². The maximum atomic E-state index is 13.1. The van der Waals surface area contributed by atoms with E-state index in [1.807, 2.05) is 6.92 Å². The number of amides is 1. The van der Waals surface area contributed by atoms with Gasteiger partial charge in [-0.25, -0.2) is 4.39 Å². The van der Waals surface area contributed by atoms with Crippen molar-refractivity contribution in [3.05, 3.63) is 29.8 Å². The molecule has 0 radical (unpaired) electrons. The van der Waals surface area contributed by atoms with Crippen LogP contribution in [0.3, 0.4) is 0 Å². The van der Waals surface area contributed by atoms with Crippen molar-refractivity contribution >= 4 is 5.91 Å². The second kappa shape index (κ2) is 8.22. The van der Waals surface area contributed by atoms with E-state index in [2.05, 4.69) is 17.2 Å². The lowest BCUT2D eigenvalue weighted by atomic mass is 9.85. The predicted octanol–water partition coefficient (Wildman–Crippen LogP) is 3.38. The number of halogens is 1. The fourth-order valence-electron chi connectivity index (χ4n) is 3.07. The van der Waals surface area contributed by atoms with E-state index in [9.17, 15) is 9.18 Å². The standard InChI is InChI=1S/C17H25FN2O2/c1-3-13-6-4-5-7-16(13)22-11-17(21)20-12(2)14-8-15(18)10-19-9-14/h8-10,12-13,16H,3-7,11H2,1-2H3,(H,20,21). The first-order valence-corrected chi connectivity index (χ1v) is 8.11. The van der Waals surface area contributed by atoms with Crippen LogP contribution >= 0.6 is 0 Å². The average molecular weight is 308 g/mol. The van der Waals surface area contributed by atoms with Crippen molar-refractivity contribution < 1.29 is 13.9 Å². The number of hydrogen-bond donors (Lipinski definition) is 1.